The van der Waals surface area contributed by atoms with E-state index in [1.807, 2.05) is 6.92 Å². The highest BCUT2D eigenvalue weighted by Crippen LogP contribution is 1.83. The van der Waals surface area contributed by atoms with Gasteiger partial charge in [0.1, 0.15) is 6.61 Å². The first kappa shape index (κ1) is 10.7. The van der Waals surface area contributed by atoms with E-state index in [0.29, 0.717) is 6.54 Å². The molecule has 5 heteroatoms. The minimum absolute atomic E-state index is 0.0465. The van der Waals surface area contributed by atoms with Gasteiger partial charge in [0.15, 0.2) is 0 Å². The molecule has 0 aliphatic carbocycles. The molecule has 0 saturated heterocycles. The second kappa shape index (κ2) is 6.45. The third-order valence-electron chi connectivity index (χ3n) is 1.15. The Morgan fingerprint density at radius 1 is 1.50 bits per heavy atom. The highest BCUT2D eigenvalue weighted by molar-refractivity contribution is 5.76. The van der Waals surface area contributed by atoms with Crippen LogP contribution in [0.2, 0.25) is 0 Å². The molecule has 0 aliphatic rings. The molecule has 0 radical (unpaired) electrons. The number of carbonyl (C=O) groups excluding carboxylic acids is 2. The van der Waals surface area contributed by atoms with Crippen LogP contribution in [-0.2, 0) is 9.53 Å². The predicted octanol–water partition coefficient (Wildman–Crippen LogP) is -0.00200. The molecule has 0 atom stereocenters. The van der Waals surface area contributed by atoms with E-state index in [4.69, 9.17) is 0 Å². The monoisotopic (exact) mass is 174 g/mol. The maximum absolute atomic E-state index is 10.8. The van der Waals surface area contributed by atoms with Crippen molar-refractivity contribution in [2.75, 3.05) is 13.2 Å². The fraction of sp³-hybridized carbons (Fsp3) is 0.714. The van der Waals surface area contributed by atoms with Crippen molar-refractivity contribution in [3.8, 4) is 0 Å². The highest BCUT2D eigenvalue weighted by atomic mass is 16.5. The van der Waals surface area contributed by atoms with Crippen molar-refractivity contribution in [3.05, 3.63) is 0 Å². The van der Waals surface area contributed by atoms with E-state index in [-0.39, 0.29) is 18.9 Å². The molecule has 0 rings (SSSR count). The van der Waals surface area contributed by atoms with Gasteiger partial charge >= 0.3 is 6.09 Å². The van der Waals surface area contributed by atoms with Gasteiger partial charge in [-0.1, -0.05) is 6.92 Å². The molecule has 12 heavy (non-hydrogen) atoms. The molecule has 0 aromatic carbocycles. The molecule has 0 aliphatic heterocycles. The number of nitrogens with one attached hydrogen (secondary N) is 1. The number of carbonyl (C=O) groups is 2. The van der Waals surface area contributed by atoms with Crippen LogP contribution in [0.4, 0.5) is 4.79 Å². The zero-order valence-corrected chi connectivity index (χ0v) is 7.13. The number of hydrogen-bond donors (Lipinski definition) is 2. The minimum Gasteiger partial charge on any atom is -0.449 e. The van der Waals surface area contributed by atoms with Crippen LogP contribution in [0.15, 0.2) is 0 Å². The van der Waals surface area contributed by atoms with Gasteiger partial charge in [-0.05, 0) is 6.42 Å². The van der Waals surface area contributed by atoms with Gasteiger partial charge in [-0.15, -0.1) is 0 Å². The smallest absolute Gasteiger partial charge is 0.404 e. The molecule has 0 fully saturated rings. The third-order valence-corrected chi connectivity index (χ3v) is 1.15. The molecule has 0 aromatic rings. The van der Waals surface area contributed by atoms with Gasteiger partial charge in [-0.2, -0.15) is 0 Å². The van der Waals surface area contributed by atoms with E-state index < -0.39 is 6.09 Å². The quantitative estimate of drug-likeness (QED) is 0.615. The Hall–Kier alpha value is -1.26. The molecule has 2 amide bonds. The lowest BCUT2D eigenvalue weighted by Crippen LogP contribution is -2.26. The maximum atomic E-state index is 10.8. The Morgan fingerprint density at radius 3 is 2.67 bits per heavy atom. The zero-order valence-electron chi connectivity index (χ0n) is 7.13. The molecular weight excluding hydrogens is 160 g/mol. The summed E-state index contributed by atoms with van der Waals surface area (Å²) in [6.07, 6.45) is 0.212. The van der Waals surface area contributed by atoms with Crippen LogP contribution < -0.4 is 11.1 Å². The standard InChI is InChI=1S/C7H14N2O3/c1-2-4-9-6(10)3-5-12-7(8)11/h2-5H2,1H3,(H2,8,11)(H,9,10). The van der Waals surface area contributed by atoms with Crippen LogP contribution in [0.5, 0.6) is 0 Å². The average Bonchev–Trinajstić information content (AvgIpc) is 2.00. The highest BCUT2D eigenvalue weighted by Gasteiger charge is 2.00. The number of ether oxygens (including phenoxy) is 1. The fourth-order valence-electron chi connectivity index (χ4n) is 0.597. The normalized spacial score (nSPS) is 9.08. The molecule has 3 N–H and O–H groups in total. The van der Waals surface area contributed by atoms with E-state index in [1.54, 1.807) is 0 Å². The molecular formula is C7H14N2O3. The molecule has 0 spiro atoms. The first-order valence-corrected chi connectivity index (χ1v) is 3.85. The Morgan fingerprint density at radius 2 is 2.17 bits per heavy atom. The summed E-state index contributed by atoms with van der Waals surface area (Å²) < 4.78 is 4.37. The van der Waals surface area contributed by atoms with Crippen LogP contribution in [0, 0.1) is 0 Å². The Kier molecular flexibility index (Phi) is 5.77. The molecule has 0 aromatic heterocycles. The number of rotatable bonds is 5. The van der Waals surface area contributed by atoms with E-state index in [0.717, 1.165) is 6.42 Å². The topological polar surface area (TPSA) is 81.4 Å². The maximum Gasteiger partial charge on any atom is 0.404 e. The summed E-state index contributed by atoms with van der Waals surface area (Å²) in [6.45, 7) is 2.65. The van der Waals surface area contributed by atoms with E-state index in [2.05, 4.69) is 15.8 Å². The largest absolute Gasteiger partial charge is 0.449 e. The van der Waals surface area contributed by atoms with Crippen molar-refractivity contribution < 1.29 is 14.3 Å². The van der Waals surface area contributed by atoms with Gasteiger partial charge in [-0.25, -0.2) is 4.79 Å². The summed E-state index contributed by atoms with van der Waals surface area (Å²) in [4.78, 5) is 20.9. The Bertz CT molecular complexity index is 159. The van der Waals surface area contributed by atoms with Crippen molar-refractivity contribution in [1.82, 2.24) is 5.32 Å². The summed E-state index contributed by atoms with van der Waals surface area (Å²) in [6, 6.07) is 0. The summed E-state index contributed by atoms with van der Waals surface area (Å²) in [5, 5.41) is 2.64. The van der Waals surface area contributed by atoms with Gasteiger partial charge in [-0.3, -0.25) is 4.79 Å². The third kappa shape index (κ3) is 6.85. The first-order chi connectivity index (χ1) is 5.66. The van der Waals surface area contributed by atoms with Crippen LogP contribution in [0.25, 0.3) is 0 Å². The van der Waals surface area contributed by atoms with E-state index in [9.17, 15) is 9.59 Å². The first-order valence-electron chi connectivity index (χ1n) is 3.85. The van der Waals surface area contributed by atoms with Crippen LogP contribution in [-0.4, -0.2) is 25.2 Å². The van der Waals surface area contributed by atoms with Crippen molar-refractivity contribution in [2.24, 2.45) is 5.73 Å². The SMILES string of the molecule is CCCNC(=O)CCOC(N)=O. The van der Waals surface area contributed by atoms with Gasteiger partial charge in [0.2, 0.25) is 5.91 Å². The molecule has 0 heterocycles. The van der Waals surface area contributed by atoms with Gasteiger partial charge < -0.3 is 15.8 Å². The van der Waals surface area contributed by atoms with Gasteiger partial charge in [0.25, 0.3) is 0 Å². The summed E-state index contributed by atoms with van der Waals surface area (Å²) in [5.41, 5.74) is 4.69. The van der Waals surface area contributed by atoms with Crippen molar-refractivity contribution in [2.45, 2.75) is 19.8 Å². The molecule has 70 valence electrons. The second-order valence-corrected chi connectivity index (χ2v) is 2.27. The van der Waals surface area contributed by atoms with E-state index >= 15 is 0 Å². The van der Waals surface area contributed by atoms with Gasteiger partial charge in [0, 0.05) is 6.54 Å². The van der Waals surface area contributed by atoms with Crippen LogP contribution in [0.3, 0.4) is 0 Å². The lowest BCUT2D eigenvalue weighted by molar-refractivity contribution is -0.121. The number of nitrogens with two attached hydrogens (primary N) is 1. The minimum atomic E-state index is -0.849. The number of hydrogen-bond acceptors (Lipinski definition) is 3. The van der Waals surface area contributed by atoms with E-state index in [1.165, 1.54) is 0 Å². The van der Waals surface area contributed by atoms with Crippen LogP contribution >= 0.6 is 0 Å². The Balaban J connectivity index is 3.25. The lowest BCUT2D eigenvalue weighted by atomic mass is 10.4. The lowest BCUT2D eigenvalue weighted by Gasteiger charge is -2.02. The van der Waals surface area contributed by atoms with Crippen molar-refractivity contribution in [1.29, 1.82) is 0 Å². The summed E-state index contributed by atoms with van der Waals surface area (Å²) >= 11 is 0. The number of primary amides is 1. The van der Waals surface area contributed by atoms with Crippen LogP contribution in [0.1, 0.15) is 19.8 Å². The van der Waals surface area contributed by atoms with Crippen molar-refractivity contribution in [3.63, 3.8) is 0 Å². The zero-order chi connectivity index (χ0) is 9.40. The molecule has 0 unspecified atom stereocenters. The summed E-state index contributed by atoms with van der Waals surface area (Å²) in [7, 11) is 0. The number of amides is 2. The van der Waals surface area contributed by atoms with Gasteiger partial charge in [0.05, 0.1) is 6.42 Å². The molecule has 0 bridgehead atoms. The second-order valence-electron chi connectivity index (χ2n) is 2.27. The molecule has 5 nitrogen and oxygen atoms in total. The Labute approximate surface area is 71.3 Å². The fourth-order valence-corrected chi connectivity index (χ4v) is 0.597. The molecule has 0 saturated carbocycles. The van der Waals surface area contributed by atoms with Crippen molar-refractivity contribution >= 4 is 12.0 Å². The predicted molar refractivity (Wildman–Crippen MR) is 43.5 cm³/mol. The average molecular weight is 174 g/mol. The summed E-state index contributed by atoms with van der Waals surface area (Å²) in [5.74, 6) is -0.127.